The maximum Gasteiger partial charge on any atom is 0.161 e. The maximum atomic E-state index is 11.7. The van der Waals surface area contributed by atoms with E-state index in [0.717, 1.165) is 11.1 Å². The Labute approximate surface area is 97.5 Å². The minimum atomic E-state index is -0.320. The van der Waals surface area contributed by atoms with Crippen LogP contribution in [-0.4, -0.2) is 5.78 Å². The topological polar surface area (TPSA) is 17.1 Å². The molecule has 0 saturated carbocycles. The van der Waals surface area contributed by atoms with Gasteiger partial charge in [0.05, 0.1) is 0 Å². The normalized spacial score (nSPS) is 11.7. The van der Waals surface area contributed by atoms with Crippen LogP contribution in [0.5, 0.6) is 0 Å². The number of carbonyl (C=O) groups excluding carboxylic acids is 1. The molecule has 0 N–H and O–H groups in total. The van der Waals surface area contributed by atoms with Crippen molar-refractivity contribution in [3.8, 4) is 0 Å². The van der Waals surface area contributed by atoms with Crippen molar-refractivity contribution in [2.45, 2.75) is 20.8 Å². The van der Waals surface area contributed by atoms with E-state index in [9.17, 15) is 4.79 Å². The van der Waals surface area contributed by atoms with E-state index >= 15 is 0 Å². The molecule has 0 atom stereocenters. The van der Waals surface area contributed by atoms with Gasteiger partial charge in [-0.05, 0) is 17.2 Å². The summed E-state index contributed by atoms with van der Waals surface area (Å²) in [7, 11) is 0. The Hall–Kier alpha value is -1.63. The van der Waals surface area contributed by atoms with Gasteiger partial charge >= 0.3 is 0 Å². The zero-order valence-electron chi connectivity index (χ0n) is 10.2. The first-order valence-electron chi connectivity index (χ1n) is 5.39. The Morgan fingerprint density at radius 1 is 1.19 bits per heavy atom. The highest BCUT2D eigenvalue weighted by molar-refractivity contribution is 5.97. The highest BCUT2D eigenvalue weighted by Gasteiger charge is 2.17. The fourth-order valence-corrected chi connectivity index (χ4v) is 1.26. The molecule has 0 spiro atoms. The van der Waals surface area contributed by atoms with E-state index in [1.165, 1.54) is 0 Å². The van der Waals surface area contributed by atoms with Gasteiger partial charge in [0.15, 0.2) is 5.78 Å². The van der Waals surface area contributed by atoms with Crippen molar-refractivity contribution in [2.75, 3.05) is 0 Å². The van der Waals surface area contributed by atoms with E-state index < -0.39 is 0 Å². The van der Waals surface area contributed by atoms with Gasteiger partial charge in [0.2, 0.25) is 0 Å². The summed E-state index contributed by atoms with van der Waals surface area (Å²) >= 11 is 0. The number of hydrogen-bond donors (Lipinski definition) is 0. The van der Waals surface area contributed by atoms with Crippen molar-refractivity contribution in [3.05, 3.63) is 48.0 Å². The highest BCUT2D eigenvalue weighted by Crippen LogP contribution is 2.17. The van der Waals surface area contributed by atoms with Crippen LogP contribution in [0.15, 0.2) is 36.9 Å². The molecule has 1 nitrogen and oxygen atoms in total. The van der Waals surface area contributed by atoms with E-state index in [0.29, 0.717) is 0 Å². The lowest BCUT2D eigenvalue weighted by atomic mass is 9.90. The zero-order valence-corrected chi connectivity index (χ0v) is 10.2. The summed E-state index contributed by atoms with van der Waals surface area (Å²) in [4.78, 5) is 11.7. The van der Waals surface area contributed by atoms with Crippen molar-refractivity contribution in [2.24, 2.45) is 5.41 Å². The minimum absolute atomic E-state index is 0.131. The lowest BCUT2D eigenvalue weighted by Gasteiger charge is -2.13. The first-order valence-corrected chi connectivity index (χ1v) is 5.39. The van der Waals surface area contributed by atoms with Crippen molar-refractivity contribution in [1.29, 1.82) is 0 Å². The quantitative estimate of drug-likeness (QED) is 0.696. The molecule has 0 saturated heterocycles. The lowest BCUT2D eigenvalue weighted by Crippen LogP contribution is -2.17. The Balaban J connectivity index is 2.93. The van der Waals surface area contributed by atoms with E-state index in [-0.39, 0.29) is 11.2 Å². The molecule has 0 fully saturated rings. The van der Waals surface area contributed by atoms with Gasteiger partial charge in [-0.15, -0.1) is 0 Å². The van der Waals surface area contributed by atoms with E-state index in [1.54, 1.807) is 12.2 Å². The van der Waals surface area contributed by atoms with Crippen molar-refractivity contribution in [3.63, 3.8) is 0 Å². The minimum Gasteiger partial charge on any atom is -0.294 e. The number of benzene rings is 1. The van der Waals surface area contributed by atoms with Gasteiger partial charge in [0.25, 0.3) is 0 Å². The lowest BCUT2D eigenvalue weighted by molar-refractivity contribution is -0.121. The number of carbonyl (C=O) groups is 1. The molecule has 0 amide bonds. The Morgan fingerprint density at radius 2 is 1.75 bits per heavy atom. The molecule has 1 heteroatoms. The standard InChI is InChI=1S/C15H18O/c1-5-12-8-6-7-9-13(12)10-11-14(16)15(2,3)4/h5-11H,1H2,2-4H3. The second-order valence-electron chi connectivity index (χ2n) is 4.78. The van der Waals surface area contributed by atoms with Gasteiger partial charge in [-0.2, -0.15) is 0 Å². The number of ketones is 1. The first kappa shape index (κ1) is 12.4. The summed E-state index contributed by atoms with van der Waals surface area (Å²) in [6, 6.07) is 7.87. The fraction of sp³-hybridized carbons (Fsp3) is 0.267. The molecule has 0 unspecified atom stereocenters. The summed E-state index contributed by atoms with van der Waals surface area (Å²) in [5.41, 5.74) is 1.75. The van der Waals surface area contributed by atoms with Crippen molar-refractivity contribution in [1.82, 2.24) is 0 Å². The van der Waals surface area contributed by atoms with Crippen LogP contribution < -0.4 is 0 Å². The van der Waals surface area contributed by atoms with Crippen LogP contribution in [0.4, 0.5) is 0 Å². The average Bonchev–Trinajstić information content (AvgIpc) is 2.24. The van der Waals surface area contributed by atoms with E-state index in [1.807, 2.05) is 51.1 Å². The molecular weight excluding hydrogens is 196 g/mol. The van der Waals surface area contributed by atoms with Gasteiger partial charge < -0.3 is 0 Å². The van der Waals surface area contributed by atoms with Crippen LogP contribution in [0.25, 0.3) is 12.2 Å². The third kappa shape index (κ3) is 3.20. The smallest absolute Gasteiger partial charge is 0.161 e. The summed E-state index contributed by atoms with van der Waals surface area (Å²) in [6.45, 7) is 9.50. The summed E-state index contributed by atoms with van der Waals surface area (Å²) in [5, 5.41) is 0. The zero-order chi connectivity index (χ0) is 12.2. The number of rotatable bonds is 3. The Morgan fingerprint density at radius 3 is 2.25 bits per heavy atom. The molecule has 1 aromatic carbocycles. The largest absolute Gasteiger partial charge is 0.294 e. The third-order valence-electron chi connectivity index (χ3n) is 2.37. The van der Waals surface area contributed by atoms with Crippen LogP contribution in [0.1, 0.15) is 31.9 Å². The van der Waals surface area contributed by atoms with Gasteiger partial charge in [0.1, 0.15) is 0 Å². The Bertz CT molecular complexity index is 419. The summed E-state index contributed by atoms with van der Waals surface area (Å²) < 4.78 is 0. The molecule has 0 bridgehead atoms. The van der Waals surface area contributed by atoms with Crippen LogP contribution >= 0.6 is 0 Å². The molecule has 0 heterocycles. The van der Waals surface area contributed by atoms with Gasteiger partial charge in [0, 0.05) is 5.41 Å². The number of hydrogen-bond acceptors (Lipinski definition) is 1. The third-order valence-corrected chi connectivity index (χ3v) is 2.37. The molecule has 0 aliphatic rings. The predicted molar refractivity (Wildman–Crippen MR) is 70.0 cm³/mol. The SMILES string of the molecule is C=Cc1ccccc1C=CC(=O)C(C)(C)C. The van der Waals surface area contributed by atoms with Crippen molar-refractivity contribution < 1.29 is 4.79 Å². The molecule has 0 radical (unpaired) electrons. The summed E-state index contributed by atoms with van der Waals surface area (Å²) in [6.07, 6.45) is 5.29. The molecule has 16 heavy (non-hydrogen) atoms. The van der Waals surface area contributed by atoms with E-state index in [2.05, 4.69) is 6.58 Å². The second kappa shape index (κ2) is 4.93. The first-order chi connectivity index (χ1) is 7.45. The molecule has 0 aliphatic heterocycles. The van der Waals surface area contributed by atoms with Crippen LogP contribution in [0, 0.1) is 5.41 Å². The highest BCUT2D eigenvalue weighted by atomic mass is 16.1. The summed E-state index contributed by atoms with van der Waals surface area (Å²) in [5.74, 6) is 0.131. The molecular formula is C15H18O. The predicted octanol–water partition coefficient (Wildman–Crippen LogP) is 3.96. The van der Waals surface area contributed by atoms with Crippen molar-refractivity contribution >= 4 is 17.9 Å². The van der Waals surface area contributed by atoms with E-state index in [4.69, 9.17) is 0 Å². The number of allylic oxidation sites excluding steroid dienone is 1. The Kier molecular flexibility index (Phi) is 3.83. The molecule has 0 aromatic heterocycles. The average molecular weight is 214 g/mol. The van der Waals surface area contributed by atoms with Gasteiger partial charge in [-0.3, -0.25) is 4.79 Å². The molecule has 84 valence electrons. The molecule has 1 aromatic rings. The maximum absolute atomic E-state index is 11.7. The molecule has 0 aliphatic carbocycles. The van der Waals surface area contributed by atoms with Crippen LogP contribution in [-0.2, 0) is 4.79 Å². The van der Waals surface area contributed by atoms with Crippen LogP contribution in [0.3, 0.4) is 0 Å². The second-order valence-corrected chi connectivity index (χ2v) is 4.78. The fourth-order valence-electron chi connectivity index (χ4n) is 1.26. The monoisotopic (exact) mass is 214 g/mol. The van der Waals surface area contributed by atoms with Crippen LogP contribution in [0.2, 0.25) is 0 Å². The van der Waals surface area contributed by atoms with Gasteiger partial charge in [-0.1, -0.05) is 63.8 Å². The molecule has 1 rings (SSSR count). The van der Waals surface area contributed by atoms with Gasteiger partial charge in [-0.25, -0.2) is 0 Å².